The van der Waals surface area contributed by atoms with Crippen LogP contribution in [0.1, 0.15) is 80.1 Å². The monoisotopic (exact) mass is 455 g/mol. The maximum absolute atomic E-state index is 12.3. The van der Waals surface area contributed by atoms with Crippen LogP contribution in [-0.4, -0.2) is 45.6 Å². The molecule has 0 radical (unpaired) electrons. The highest BCUT2D eigenvalue weighted by Crippen LogP contribution is 2.21. The number of carbonyl (C=O) groups excluding carboxylic acids is 1. The number of hydrogen-bond acceptors (Lipinski definition) is 4. The summed E-state index contributed by atoms with van der Waals surface area (Å²) < 4.78 is 0. The summed E-state index contributed by atoms with van der Waals surface area (Å²) in [5.41, 5.74) is 1.53. The molecule has 0 saturated heterocycles. The maximum atomic E-state index is 12.3. The summed E-state index contributed by atoms with van der Waals surface area (Å²) >= 11 is 1.43. The van der Waals surface area contributed by atoms with Gasteiger partial charge in [0.1, 0.15) is 6.04 Å². The van der Waals surface area contributed by atoms with E-state index in [0.717, 1.165) is 25.2 Å². The minimum atomic E-state index is -1.17. The Labute approximate surface area is 191 Å². The van der Waals surface area contributed by atoms with Gasteiger partial charge < -0.3 is 15.5 Å². The third kappa shape index (κ3) is 14.8. The molecule has 0 aliphatic carbocycles. The first-order valence-electron chi connectivity index (χ1n) is 11.0. The van der Waals surface area contributed by atoms with Crippen molar-refractivity contribution in [3.05, 3.63) is 23.3 Å². The van der Waals surface area contributed by atoms with Gasteiger partial charge in [0, 0.05) is 11.5 Å². The van der Waals surface area contributed by atoms with Crippen molar-refractivity contribution in [1.82, 2.24) is 5.32 Å². The Bertz CT molecular complexity index is 652. The topological polar surface area (TPSA) is 104 Å². The zero-order valence-corrected chi connectivity index (χ0v) is 20.8. The molecule has 0 spiro atoms. The molecule has 0 saturated carbocycles. The minimum absolute atomic E-state index is 0.225. The Hall–Kier alpha value is -1.76. The Morgan fingerprint density at radius 3 is 2.19 bits per heavy atom. The molecular formula is C24H41NO5S. The van der Waals surface area contributed by atoms with Crippen LogP contribution < -0.4 is 5.32 Å². The first-order chi connectivity index (χ1) is 14.3. The zero-order chi connectivity index (χ0) is 24.0. The summed E-state index contributed by atoms with van der Waals surface area (Å²) in [4.78, 5) is 34.6. The molecule has 178 valence electrons. The van der Waals surface area contributed by atoms with Crippen molar-refractivity contribution in [2.45, 2.75) is 86.1 Å². The summed E-state index contributed by atoms with van der Waals surface area (Å²) in [6, 6.07) is -1.05. The van der Waals surface area contributed by atoms with E-state index in [2.05, 4.69) is 45.2 Å². The normalized spacial score (nSPS) is 13.9. The fraction of sp³-hybridized carbons (Fsp3) is 0.708. The molecule has 0 aliphatic heterocycles. The van der Waals surface area contributed by atoms with Gasteiger partial charge in [-0.2, -0.15) is 11.8 Å². The standard InChI is InChI=1S/C24H41NO5S/c1-17(2)9-7-10-18(3)11-8-12-19(4)13-14-31-16-20(22(28)29)25-23(30)24(5,6)15-21(26)27/h11,13,17,20H,7-10,12,14-16H2,1-6H3,(H,25,30)(H,26,27)(H,28,29)/b18-11+,19-13+/t20-/m0/s1. The molecule has 3 N–H and O–H groups in total. The van der Waals surface area contributed by atoms with Crippen LogP contribution in [-0.2, 0) is 14.4 Å². The predicted molar refractivity (Wildman–Crippen MR) is 128 cm³/mol. The average molecular weight is 456 g/mol. The van der Waals surface area contributed by atoms with Gasteiger partial charge in [0.15, 0.2) is 0 Å². The first kappa shape index (κ1) is 29.2. The van der Waals surface area contributed by atoms with Gasteiger partial charge in [0.2, 0.25) is 5.91 Å². The molecule has 31 heavy (non-hydrogen) atoms. The third-order valence-electron chi connectivity index (χ3n) is 5.03. The largest absolute Gasteiger partial charge is 0.481 e. The molecule has 1 atom stereocenters. The maximum Gasteiger partial charge on any atom is 0.327 e. The Morgan fingerprint density at radius 2 is 1.65 bits per heavy atom. The highest BCUT2D eigenvalue weighted by atomic mass is 32.2. The Morgan fingerprint density at radius 1 is 1.03 bits per heavy atom. The van der Waals surface area contributed by atoms with Crippen molar-refractivity contribution in [2.24, 2.45) is 11.3 Å². The minimum Gasteiger partial charge on any atom is -0.481 e. The average Bonchev–Trinajstić information content (AvgIpc) is 2.62. The first-order valence-corrected chi connectivity index (χ1v) is 12.1. The summed E-state index contributed by atoms with van der Waals surface area (Å²) in [6.45, 7) is 11.8. The number of carbonyl (C=O) groups is 3. The number of allylic oxidation sites excluding steroid dienone is 3. The second-order valence-electron chi connectivity index (χ2n) is 9.28. The number of rotatable bonds is 16. The van der Waals surface area contributed by atoms with E-state index in [1.165, 1.54) is 49.6 Å². The quantitative estimate of drug-likeness (QED) is 0.216. The molecular weight excluding hydrogens is 414 g/mol. The van der Waals surface area contributed by atoms with Gasteiger partial charge in [-0.05, 0) is 45.4 Å². The van der Waals surface area contributed by atoms with Crippen molar-refractivity contribution < 1.29 is 24.6 Å². The summed E-state index contributed by atoms with van der Waals surface area (Å²) in [6.07, 6.45) is 9.68. The number of aliphatic carboxylic acids is 2. The van der Waals surface area contributed by atoms with E-state index in [9.17, 15) is 19.5 Å². The van der Waals surface area contributed by atoms with Crippen LogP contribution in [0.3, 0.4) is 0 Å². The molecule has 6 nitrogen and oxygen atoms in total. The van der Waals surface area contributed by atoms with Gasteiger partial charge >= 0.3 is 11.9 Å². The number of nitrogens with one attached hydrogen (secondary N) is 1. The van der Waals surface area contributed by atoms with E-state index in [4.69, 9.17) is 5.11 Å². The molecule has 0 rings (SSSR count). The highest BCUT2D eigenvalue weighted by Gasteiger charge is 2.33. The molecule has 0 heterocycles. The van der Waals surface area contributed by atoms with Crippen LogP contribution >= 0.6 is 11.8 Å². The molecule has 0 fully saturated rings. The van der Waals surface area contributed by atoms with Gasteiger partial charge in [0.05, 0.1) is 11.8 Å². The molecule has 0 unspecified atom stereocenters. The van der Waals surface area contributed by atoms with E-state index >= 15 is 0 Å². The lowest BCUT2D eigenvalue weighted by atomic mass is 9.88. The summed E-state index contributed by atoms with van der Waals surface area (Å²) in [7, 11) is 0. The van der Waals surface area contributed by atoms with Crippen molar-refractivity contribution in [3.63, 3.8) is 0 Å². The van der Waals surface area contributed by atoms with Gasteiger partial charge in [-0.1, -0.05) is 57.4 Å². The molecule has 1 amide bonds. The fourth-order valence-corrected chi connectivity index (χ4v) is 3.91. The van der Waals surface area contributed by atoms with Crippen LogP contribution in [0.4, 0.5) is 0 Å². The Kier molecular flexibility index (Phi) is 14.3. The number of carboxylic acids is 2. The smallest absolute Gasteiger partial charge is 0.327 e. The summed E-state index contributed by atoms with van der Waals surface area (Å²) in [5, 5.41) is 20.7. The number of amides is 1. The number of hydrogen-bond donors (Lipinski definition) is 3. The molecule has 0 aromatic rings. The number of thioether (sulfide) groups is 1. The van der Waals surface area contributed by atoms with Gasteiger partial charge in [-0.15, -0.1) is 0 Å². The second-order valence-corrected chi connectivity index (χ2v) is 10.4. The zero-order valence-electron chi connectivity index (χ0n) is 20.0. The third-order valence-corrected chi connectivity index (χ3v) is 6.00. The van der Waals surface area contributed by atoms with Crippen molar-refractivity contribution in [3.8, 4) is 0 Å². The Balaban J connectivity index is 4.39. The van der Waals surface area contributed by atoms with Crippen molar-refractivity contribution >= 4 is 29.6 Å². The fourth-order valence-electron chi connectivity index (χ4n) is 2.91. The predicted octanol–water partition coefficient (Wildman–Crippen LogP) is 5.29. The van der Waals surface area contributed by atoms with E-state index in [0.29, 0.717) is 5.75 Å². The van der Waals surface area contributed by atoms with Gasteiger partial charge in [-0.25, -0.2) is 4.79 Å². The van der Waals surface area contributed by atoms with Crippen molar-refractivity contribution in [1.29, 1.82) is 0 Å². The molecule has 0 aromatic heterocycles. The molecule has 0 aliphatic rings. The van der Waals surface area contributed by atoms with Crippen molar-refractivity contribution in [2.75, 3.05) is 11.5 Å². The lowest BCUT2D eigenvalue weighted by Crippen LogP contribution is -2.48. The van der Waals surface area contributed by atoms with Crippen LogP contribution in [0.15, 0.2) is 23.3 Å². The van der Waals surface area contributed by atoms with Gasteiger partial charge in [-0.3, -0.25) is 9.59 Å². The number of carboxylic acid groups (broad SMARTS) is 2. The SMILES string of the molecule is C/C(=C\CSC[C@H](NC(=O)C(C)(C)CC(=O)O)C(=O)O)CC/C=C(\C)CCCC(C)C. The molecule has 0 aromatic carbocycles. The lowest BCUT2D eigenvalue weighted by Gasteiger charge is -2.24. The van der Waals surface area contributed by atoms with Crippen LogP contribution in [0, 0.1) is 11.3 Å². The molecule has 0 bridgehead atoms. The van der Waals surface area contributed by atoms with E-state index < -0.39 is 29.3 Å². The van der Waals surface area contributed by atoms with E-state index in [-0.39, 0.29) is 12.2 Å². The van der Waals surface area contributed by atoms with Crippen LogP contribution in [0.2, 0.25) is 0 Å². The van der Waals surface area contributed by atoms with E-state index in [1.54, 1.807) is 0 Å². The highest BCUT2D eigenvalue weighted by molar-refractivity contribution is 7.99. The van der Waals surface area contributed by atoms with Crippen LogP contribution in [0.25, 0.3) is 0 Å². The van der Waals surface area contributed by atoms with Gasteiger partial charge in [0.25, 0.3) is 0 Å². The van der Waals surface area contributed by atoms with Crippen LogP contribution in [0.5, 0.6) is 0 Å². The molecule has 7 heteroatoms. The summed E-state index contributed by atoms with van der Waals surface area (Å²) in [5.74, 6) is -1.14. The van der Waals surface area contributed by atoms with E-state index in [1.807, 2.05) is 0 Å². The second kappa shape index (κ2) is 15.1. The lowest BCUT2D eigenvalue weighted by molar-refractivity contribution is -0.146.